The van der Waals surface area contributed by atoms with Crippen molar-refractivity contribution in [1.29, 1.82) is 0 Å². The maximum Gasteiger partial charge on any atom is 0.296 e. The maximum atomic E-state index is 12.3. The summed E-state index contributed by atoms with van der Waals surface area (Å²) < 4.78 is 29.8. The fraction of sp³-hybridized carbons (Fsp3) is 0.769. The van der Waals surface area contributed by atoms with Crippen LogP contribution in [0.4, 0.5) is 0 Å². The fourth-order valence-electron chi connectivity index (χ4n) is 3.85. The topological polar surface area (TPSA) is 43.4 Å². The van der Waals surface area contributed by atoms with Crippen LogP contribution in [-0.4, -0.2) is 15.0 Å². The van der Waals surface area contributed by atoms with E-state index in [0.29, 0.717) is 0 Å². The first-order valence-electron chi connectivity index (χ1n) is 12.1. The molecule has 0 bridgehead atoms. The molecule has 0 N–H and O–H groups in total. The molecular formula is C26H46O3S. The quantitative estimate of drug-likeness (QED) is 0.247. The first-order chi connectivity index (χ1) is 14.1. The van der Waals surface area contributed by atoms with Crippen molar-refractivity contribution in [3.8, 4) is 0 Å². The minimum atomic E-state index is -3.65. The Morgan fingerprint density at radius 2 is 1.13 bits per heavy atom. The fourth-order valence-corrected chi connectivity index (χ4v) is 4.87. The lowest BCUT2D eigenvalue weighted by Crippen LogP contribution is -2.13. The van der Waals surface area contributed by atoms with Gasteiger partial charge < -0.3 is 0 Å². The van der Waals surface area contributed by atoms with Crippen molar-refractivity contribution >= 4 is 10.1 Å². The Balaban J connectivity index is 2.15. The molecule has 0 spiro atoms. The van der Waals surface area contributed by atoms with Crippen molar-refractivity contribution in [3.05, 3.63) is 29.8 Å². The Labute approximate surface area is 187 Å². The van der Waals surface area contributed by atoms with Crippen LogP contribution < -0.4 is 0 Å². The molecule has 0 radical (unpaired) electrons. The van der Waals surface area contributed by atoms with Gasteiger partial charge in [-0.3, -0.25) is 4.18 Å². The van der Waals surface area contributed by atoms with Gasteiger partial charge in [-0.1, -0.05) is 104 Å². The summed E-state index contributed by atoms with van der Waals surface area (Å²) in [5, 5.41) is 0. The summed E-state index contributed by atoms with van der Waals surface area (Å²) in [6, 6.07) is 6.82. The van der Waals surface area contributed by atoms with Crippen LogP contribution in [0.5, 0.6) is 0 Å². The highest BCUT2D eigenvalue weighted by atomic mass is 32.2. The van der Waals surface area contributed by atoms with E-state index < -0.39 is 10.1 Å². The summed E-state index contributed by atoms with van der Waals surface area (Å²) >= 11 is 0. The third-order valence-corrected chi connectivity index (χ3v) is 7.38. The van der Waals surface area contributed by atoms with Crippen LogP contribution in [0.25, 0.3) is 0 Å². The van der Waals surface area contributed by atoms with Crippen LogP contribution in [0, 0.1) is 30.6 Å². The Kier molecular flexibility index (Phi) is 12.9. The lowest BCUT2D eigenvalue weighted by molar-refractivity contribution is 0.250. The minimum Gasteiger partial charge on any atom is -0.266 e. The van der Waals surface area contributed by atoms with Crippen LogP contribution in [0.3, 0.4) is 0 Å². The average Bonchev–Trinajstić information content (AvgIpc) is 2.66. The zero-order valence-corrected chi connectivity index (χ0v) is 21.1. The van der Waals surface area contributed by atoms with Crippen LogP contribution in [0.1, 0.15) is 98.0 Å². The zero-order chi connectivity index (χ0) is 22.6. The van der Waals surface area contributed by atoms with E-state index in [9.17, 15) is 8.42 Å². The normalized spacial score (nSPS) is 15.3. The highest BCUT2D eigenvalue weighted by Crippen LogP contribution is 2.22. The van der Waals surface area contributed by atoms with E-state index in [1.807, 2.05) is 6.92 Å². The third-order valence-electron chi connectivity index (χ3n) is 6.08. The Morgan fingerprint density at radius 3 is 1.60 bits per heavy atom. The van der Waals surface area contributed by atoms with Crippen LogP contribution in [-0.2, 0) is 14.3 Å². The molecule has 1 aromatic rings. The lowest BCUT2D eigenvalue weighted by atomic mass is 9.91. The number of hydrogen-bond acceptors (Lipinski definition) is 3. The van der Waals surface area contributed by atoms with Gasteiger partial charge in [-0.2, -0.15) is 8.42 Å². The molecule has 1 aromatic carbocycles. The first kappa shape index (κ1) is 27.2. The first-order valence-corrected chi connectivity index (χ1v) is 13.5. The molecule has 1 rings (SSSR count). The van der Waals surface area contributed by atoms with E-state index in [2.05, 4.69) is 34.6 Å². The van der Waals surface area contributed by atoms with E-state index in [1.165, 1.54) is 44.9 Å². The van der Waals surface area contributed by atoms with Gasteiger partial charge in [-0.15, -0.1) is 0 Å². The minimum absolute atomic E-state index is 0.243. The number of benzene rings is 1. The van der Waals surface area contributed by atoms with Crippen molar-refractivity contribution in [2.24, 2.45) is 23.7 Å². The zero-order valence-electron chi connectivity index (χ0n) is 20.3. The van der Waals surface area contributed by atoms with Gasteiger partial charge in [0.15, 0.2) is 0 Å². The van der Waals surface area contributed by atoms with Gasteiger partial charge in [-0.05, 0) is 49.1 Å². The van der Waals surface area contributed by atoms with Crippen LogP contribution >= 0.6 is 0 Å². The molecule has 3 nitrogen and oxygen atoms in total. The molecular weight excluding hydrogens is 392 g/mol. The van der Waals surface area contributed by atoms with Gasteiger partial charge >= 0.3 is 0 Å². The molecule has 0 saturated heterocycles. The van der Waals surface area contributed by atoms with Gasteiger partial charge in [0.1, 0.15) is 0 Å². The predicted molar refractivity (Wildman–Crippen MR) is 128 cm³/mol. The molecule has 3 atom stereocenters. The molecule has 0 heterocycles. The lowest BCUT2D eigenvalue weighted by Gasteiger charge is -2.16. The molecule has 0 aliphatic rings. The summed E-state index contributed by atoms with van der Waals surface area (Å²) in [6.07, 6.45) is 11.5. The maximum absolute atomic E-state index is 12.3. The van der Waals surface area contributed by atoms with Crippen LogP contribution in [0.15, 0.2) is 29.2 Å². The van der Waals surface area contributed by atoms with Gasteiger partial charge in [0.2, 0.25) is 0 Å². The highest BCUT2D eigenvalue weighted by molar-refractivity contribution is 7.86. The molecule has 0 aliphatic carbocycles. The molecule has 30 heavy (non-hydrogen) atoms. The summed E-state index contributed by atoms with van der Waals surface area (Å²) in [5.74, 6) is 2.67. The second kappa shape index (κ2) is 14.2. The summed E-state index contributed by atoms with van der Waals surface area (Å²) in [6.45, 7) is 13.6. The largest absolute Gasteiger partial charge is 0.296 e. The SMILES string of the molecule is Cc1ccc(S(=O)(=O)OCC(C)CCCC(C)CCCC(C)CCCC(C)C)cc1. The standard InChI is InChI=1S/C26H46O3S/c1-21(2)10-7-11-22(3)12-8-13-23(4)14-9-15-25(6)20-29-30(27,28)26-18-16-24(5)17-19-26/h16-19,21-23,25H,7-15,20H2,1-6H3. The number of aryl methyl sites for hydroxylation is 1. The van der Waals surface area contributed by atoms with E-state index in [4.69, 9.17) is 4.18 Å². The number of rotatable bonds is 16. The van der Waals surface area contributed by atoms with Gasteiger partial charge in [0.05, 0.1) is 11.5 Å². The van der Waals surface area contributed by atoms with Gasteiger partial charge in [-0.25, -0.2) is 0 Å². The molecule has 174 valence electrons. The molecule has 0 aliphatic heterocycles. The Hall–Kier alpha value is -0.870. The molecule has 0 saturated carbocycles. The van der Waals surface area contributed by atoms with E-state index in [0.717, 1.165) is 36.2 Å². The van der Waals surface area contributed by atoms with E-state index in [-0.39, 0.29) is 17.4 Å². The van der Waals surface area contributed by atoms with E-state index in [1.54, 1.807) is 24.3 Å². The van der Waals surface area contributed by atoms with Gasteiger partial charge in [0.25, 0.3) is 10.1 Å². The number of hydrogen-bond donors (Lipinski definition) is 0. The summed E-state index contributed by atoms with van der Waals surface area (Å²) in [5.41, 5.74) is 1.04. The molecule has 3 unspecified atom stereocenters. The summed E-state index contributed by atoms with van der Waals surface area (Å²) in [7, 11) is -3.65. The molecule has 0 aromatic heterocycles. The molecule has 4 heteroatoms. The second-order valence-corrected chi connectivity index (χ2v) is 11.7. The van der Waals surface area contributed by atoms with Crippen molar-refractivity contribution < 1.29 is 12.6 Å². The second-order valence-electron chi connectivity index (χ2n) is 10.1. The van der Waals surface area contributed by atoms with Gasteiger partial charge in [0, 0.05) is 0 Å². The van der Waals surface area contributed by atoms with Crippen molar-refractivity contribution in [3.63, 3.8) is 0 Å². The van der Waals surface area contributed by atoms with Crippen molar-refractivity contribution in [2.75, 3.05) is 6.61 Å². The third kappa shape index (κ3) is 12.1. The Bertz CT molecular complexity index is 664. The molecule has 0 fully saturated rings. The monoisotopic (exact) mass is 438 g/mol. The predicted octanol–water partition coefficient (Wildman–Crippen LogP) is 7.78. The van der Waals surface area contributed by atoms with Crippen molar-refractivity contribution in [1.82, 2.24) is 0 Å². The van der Waals surface area contributed by atoms with Crippen LogP contribution in [0.2, 0.25) is 0 Å². The van der Waals surface area contributed by atoms with E-state index >= 15 is 0 Å². The smallest absolute Gasteiger partial charge is 0.266 e. The molecule has 0 amide bonds. The highest BCUT2D eigenvalue weighted by Gasteiger charge is 2.16. The Morgan fingerprint density at radius 1 is 0.700 bits per heavy atom. The summed E-state index contributed by atoms with van der Waals surface area (Å²) in [4.78, 5) is 0.243. The van der Waals surface area contributed by atoms with Crippen molar-refractivity contribution in [2.45, 2.75) is 104 Å². The average molecular weight is 439 g/mol.